The standard InChI is InChI=1S/C14H14ClFO4/c15-8-6-9-12(20-7-19-9)10(11(8)16)14(13(17)18)4-2-1-3-5-14/h6H,1-5,7H2,(H,17,18). The van der Waals surface area contributed by atoms with E-state index >= 15 is 0 Å². The number of carbonyl (C=O) groups is 1. The van der Waals surface area contributed by atoms with Crippen LogP contribution in [-0.4, -0.2) is 17.9 Å². The van der Waals surface area contributed by atoms with Crippen LogP contribution in [0.5, 0.6) is 11.5 Å². The average molecular weight is 301 g/mol. The fourth-order valence-electron chi connectivity index (χ4n) is 3.14. The van der Waals surface area contributed by atoms with Crippen LogP contribution < -0.4 is 9.47 Å². The number of aliphatic carboxylic acids is 1. The van der Waals surface area contributed by atoms with E-state index in [2.05, 4.69) is 0 Å². The Morgan fingerprint density at radius 2 is 2.00 bits per heavy atom. The Labute approximate surface area is 120 Å². The van der Waals surface area contributed by atoms with Gasteiger partial charge in [-0.25, -0.2) is 4.39 Å². The monoisotopic (exact) mass is 300 g/mol. The lowest BCUT2D eigenvalue weighted by atomic mass is 9.69. The highest BCUT2D eigenvalue weighted by atomic mass is 35.5. The lowest BCUT2D eigenvalue weighted by Crippen LogP contribution is -2.39. The molecule has 0 spiro atoms. The molecule has 0 bridgehead atoms. The topological polar surface area (TPSA) is 55.8 Å². The molecule has 1 N–H and O–H groups in total. The lowest BCUT2D eigenvalue weighted by molar-refractivity contribution is -0.145. The lowest BCUT2D eigenvalue weighted by Gasteiger charge is -2.34. The third-order valence-corrected chi connectivity index (χ3v) is 4.43. The summed E-state index contributed by atoms with van der Waals surface area (Å²) in [6, 6.07) is 1.33. The molecule has 1 fully saturated rings. The molecule has 0 unspecified atom stereocenters. The van der Waals surface area contributed by atoms with Gasteiger partial charge in [-0.2, -0.15) is 0 Å². The van der Waals surface area contributed by atoms with Crippen molar-refractivity contribution in [3.05, 3.63) is 22.5 Å². The Morgan fingerprint density at radius 3 is 2.65 bits per heavy atom. The summed E-state index contributed by atoms with van der Waals surface area (Å²) in [6.07, 6.45) is 3.21. The molecule has 1 aromatic carbocycles. The molecule has 0 radical (unpaired) electrons. The third-order valence-electron chi connectivity index (χ3n) is 4.15. The van der Waals surface area contributed by atoms with Crippen LogP contribution in [0.3, 0.4) is 0 Å². The maximum absolute atomic E-state index is 14.5. The van der Waals surface area contributed by atoms with E-state index < -0.39 is 17.2 Å². The van der Waals surface area contributed by atoms with Crippen molar-refractivity contribution < 1.29 is 23.8 Å². The van der Waals surface area contributed by atoms with Crippen molar-refractivity contribution >= 4 is 17.6 Å². The van der Waals surface area contributed by atoms with Gasteiger partial charge in [-0.05, 0) is 12.8 Å². The van der Waals surface area contributed by atoms with Crippen molar-refractivity contribution in [2.45, 2.75) is 37.5 Å². The molecule has 108 valence electrons. The molecule has 4 nitrogen and oxygen atoms in total. The van der Waals surface area contributed by atoms with Gasteiger partial charge < -0.3 is 14.6 Å². The van der Waals surface area contributed by atoms with E-state index in [0.29, 0.717) is 18.6 Å². The highest BCUT2D eigenvalue weighted by molar-refractivity contribution is 6.31. The van der Waals surface area contributed by atoms with Gasteiger partial charge in [0.15, 0.2) is 11.5 Å². The first-order valence-electron chi connectivity index (χ1n) is 6.58. The van der Waals surface area contributed by atoms with Crippen LogP contribution in [0.15, 0.2) is 6.07 Å². The molecule has 1 heterocycles. The van der Waals surface area contributed by atoms with Crippen molar-refractivity contribution in [1.82, 2.24) is 0 Å². The minimum absolute atomic E-state index is 0.0438. The summed E-state index contributed by atoms with van der Waals surface area (Å²) in [5.74, 6) is -1.23. The molecule has 1 aliphatic carbocycles. The molecule has 0 saturated heterocycles. The number of benzene rings is 1. The maximum Gasteiger partial charge on any atom is 0.314 e. The number of halogens is 2. The minimum atomic E-state index is -1.27. The molecule has 1 aliphatic heterocycles. The van der Waals surface area contributed by atoms with Gasteiger partial charge in [0.25, 0.3) is 0 Å². The predicted octanol–water partition coefficient (Wildman–Crippen LogP) is 3.49. The molecule has 3 rings (SSSR count). The van der Waals surface area contributed by atoms with Gasteiger partial charge in [0.05, 0.1) is 16.0 Å². The van der Waals surface area contributed by atoms with E-state index in [9.17, 15) is 14.3 Å². The zero-order valence-corrected chi connectivity index (χ0v) is 11.5. The molecular formula is C14H14ClFO4. The molecule has 1 aromatic rings. The van der Waals surface area contributed by atoms with Gasteiger partial charge in [-0.1, -0.05) is 30.9 Å². The number of rotatable bonds is 2. The number of ether oxygens (including phenoxy) is 2. The Kier molecular flexibility index (Phi) is 3.24. The molecule has 0 amide bonds. The van der Waals surface area contributed by atoms with Crippen molar-refractivity contribution in [2.24, 2.45) is 0 Å². The van der Waals surface area contributed by atoms with Gasteiger partial charge in [-0.3, -0.25) is 4.79 Å². The van der Waals surface area contributed by atoms with Crippen LogP contribution in [0.4, 0.5) is 4.39 Å². The molecular weight excluding hydrogens is 287 g/mol. The van der Waals surface area contributed by atoms with Crippen molar-refractivity contribution in [3.8, 4) is 11.5 Å². The number of hydrogen-bond donors (Lipinski definition) is 1. The first kappa shape index (κ1) is 13.5. The van der Waals surface area contributed by atoms with E-state index in [1.165, 1.54) is 6.07 Å². The molecule has 20 heavy (non-hydrogen) atoms. The number of hydrogen-bond acceptors (Lipinski definition) is 3. The normalized spacial score (nSPS) is 19.9. The van der Waals surface area contributed by atoms with E-state index in [1.54, 1.807) is 0 Å². The van der Waals surface area contributed by atoms with Crippen molar-refractivity contribution in [3.63, 3.8) is 0 Å². The molecule has 6 heteroatoms. The Bertz CT molecular complexity index is 567. The first-order chi connectivity index (χ1) is 9.56. The molecule has 0 atom stereocenters. The number of carboxylic acid groups (broad SMARTS) is 1. The first-order valence-corrected chi connectivity index (χ1v) is 6.95. The number of fused-ring (bicyclic) bond motifs is 1. The van der Waals surface area contributed by atoms with Crippen LogP contribution >= 0.6 is 11.6 Å². The van der Waals surface area contributed by atoms with E-state index in [-0.39, 0.29) is 23.1 Å². The number of carboxylic acids is 1. The zero-order valence-electron chi connectivity index (χ0n) is 10.7. The van der Waals surface area contributed by atoms with Crippen LogP contribution in [0.2, 0.25) is 5.02 Å². The second kappa shape index (κ2) is 4.81. The zero-order chi connectivity index (χ0) is 14.3. The van der Waals surface area contributed by atoms with Crippen molar-refractivity contribution in [2.75, 3.05) is 6.79 Å². The van der Waals surface area contributed by atoms with Crippen LogP contribution in [0.25, 0.3) is 0 Å². The SMILES string of the molecule is O=C(O)C1(c2c(F)c(Cl)cc3c2OCO3)CCCCC1. The fourth-order valence-corrected chi connectivity index (χ4v) is 3.34. The third kappa shape index (κ3) is 1.84. The largest absolute Gasteiger partial charge is 0.481 e. The summed E-state index contributed by atoms with van der Waals surface area (Å²) >= 11 is 5.88. The minimum Gasteiger partial charge on any atom is -0.481 e. The maximum atomic E-state index is 14.5. The van der Waals surface area contributed by atoms with E-state index in [0.717, 1.165) is 19.3 Å². The summed E-state index contributed by atoms with van der Waals surface area (Å²) in [5, 5.41) is 9.55. The second-order valence-electron chi connectivity index (χ2n) is 5.23. The smallest absolute Gasteiger partial charge is 0.314 e. The van der Waals surface area contributed by atoms with Crippen LogP contribution in [-0.2, 0) is 10.2 Å². The highest BCUT2D eigenvalue weighted by Gasteiger charge is 2.47. The van der Waals surface area contributed by atoms with Gasteiger partial charge in [0, 0.05) is 6.07 Å². The van der Waals surface area contributed by atoms with E-state index in [4.69, 9.17) is 21.1 Å². The molecule has 1 saturated carbocycles. The quantitative estimate of drug-likeness (QED) is 0.908. The van der Waals surface area contributed by atoms with Crippen LogP contribution in [0.1, 0.15) is 37.7 Å². The Balaban J connectivity index is 2.24. The summed E-state index contributed by atoms with van der Waals surface area (Å²) in [5.41, 5.74) is -1.23. The summed E-state index contributed by atoms with van der Waals surface area (Å²) in [4.78, 5) is 11.8. The molecule has 2 aliphatic rings. The van der Waals surface area contributed by atoms with E-state index in [1.807, 2.05) is 0 Å². The van der Waals surface area contributed by atoms with Gasteiger partial charge in [-0.15, -0.1) is 0 Å². The van der Waals surface area contributed by atoms with Crippen molar-refractivity contribution in [1.29, 1.82) is 0 Å². The highest BCUT2D eigenvalue weighted by Crippen LogP contribution is 2.51. The Morgan fingerprint density at radius 1 is 1.30 bits per heavy atom. The fraction of sp³-hybridized carbons (Fsp3) is 0.500. The second-order valence-corrected chi connectivity index (χ2v) is 5.64. The average Bonchev–Trinajstić information content (AvgIpc) is 2.88. The summed E-state index contributed by atoms with van der Waals surface area (Å²) in [6.45, 7) is -0.0438. The molecule has 0 aromatic heterocycles. The Hall–Kier alpha value is -1.49. The van der Waals surface area contributed by atoms with Gasteiger partial charge in [0.2, 0.25) is 6.79 Å². The van der Waals surface area contributed by atoms with Gasteiger partial charge in [0.1, 0.15) is 5.82 Å². The van der Waals surface area contributed by atoms with Crippen LogP contribution in [0, 0.1) is 5.82 Å². The predicted molar refractivity (Wildman–Crippen MR) is 69.9 cm³/mol. The summed E-state index contributed by atoms with van der Waals surface area (Å²) in [7, 11) is 0. The van der Waals surface area contributed by atoms with Gasteiger partial charge >= 0.3 is 5.97 Å². The summed E-state index contributed by atoms with van der Waals surface area (Å²) < 4.78 is 25.0.